The minimum atomic E-state index is -0.165. The van der Waals surface area contributed by atoms with Gasteiger partial charge in [-0.3, -0.25) is 4.79 Å². The van der Waals surface area contributed by atoms with Crippen molar-refractivity contribution in [3.05, 3.63) is 23.5 Å². The standard InChI is InChI=1S/C12H21N3O2/c1-3-10(9-4-6-15-7-5-9)11(8-17-13)12(16)14-2/h3,8-9,15H,4-7,13H2,1-2H3,(H,14,16)/b10-3-,11-8+. The summed E-state index contributed by atoms with van der Waals surface area (Å²) in [6.45, 7) is 3.89. The number of carbonyl (C=O) groups is 1. The number of likely N-dealkylation sites (N-methyl/N-ethyl adjacent to an activating group) is 1. The largest absolute Gasteiger partial charge is 0.418 e. The Balaban J connectivity index is 2.89. The SMILES string of the molecule is C/C=C(\C(=C/ON)C(=O)NC)C1CCNCC1. The molecule has 1 rings (SSSR count). The molecular formula is C12H21N3O2. The lowest BCUT2D eigenvalue weighted by molar-refractivity contribution is -0.117. The number of hydrogen-bond acceptors (Lipinski definition) is 4. The van der Waals surface area contributed by atoms with Crippen LogP contribution in [0.15, 0.2) is 23.5 Å². The number of carbonyl (C=O) groups excluding carboxylic acids is 1. The van der Waals surface area contributed by atoms with Gasteiger partial charge in [-0.2, -0.15) is 5.90 Å². The first-order valence-electron chi connectivity index (χ1n) is 5.89. The Bertz CT molecular complexity index is 318. The lowest BCUT2D eigenvalue weighted by atomic mass is 9.85. The predicted octanol–water partition coefficient (Wildman–Crippen LogP) is 0.453. The van der Waals surface area contributed by atoms with Gasteiger partial charge < -0.3 is 15.5 Å². The van der Waals surface area contributed by atoms with Gasteiger partial charge in [-0.1, -0.05) is 6.08 Å². The van der Waals surface area contributed by atoms with Crippen LogP contribution in [-0.4, -0.2) is 26.0 Å². The molecule has 1 saturated heterocycles. The normalized spacial score (nSPS) is 19.0. The minimum Gasteiger partial charge on any atom is -0.418 e. The highest BCUT2D eigenvalue weighted by Gasteiger charge is 2.23. The molecule has 1 amide bonds. The number of nitrogens with two attached hydrogens (primary N) is 1. The number of rotatable bonds is 4. The second-order valence-corrected chi connectivity index (χ2v) is 4.02. The van der Waals surface area contributed by atoms with E-state index >= 15 is 0 Å². The van der Waals surface area contributed by atoms with Crippen molar-refractivity contribution in [2.24, 2.45) is 11.8 Å². The molecule has 5 heteroatoms. The fourth-order valence-corrected chi connectivity index (χ4v) is 2.20. The number of amides is 1. The molecular weight excluding hydrogens is 218 g/mol. The molecule has 0 spiro atoms. The van der Waals surface area contributed by atoms with E-state index in [0.29, 0.717) is 11.5 Å². The zero-order valence-corrected chi connectivity index (χ0v) is 10.5. The van der Waals surface area contributed by atoms with Crippen molar-refractivity contribution in [2.75, 3.05) is 20.1 Å². The van der Waals surface area contributed by atoms with Crippen molar-refractivity contribution in [3.63, 3.8) is 0 Å². The monoisotopic (exact) mass is 239 g/mol. The molecule has 17 heavy (non-hydrogen) atoms. The number of piperidine rings is 1. The molecule has 4 N–H and O–H groups in total. The highest BCUT2D eigenvalue weighted by molar-refractivity contribution is 5.97. The summed E-state index contributed by atoms with van der Waals surface area (Å²) >= 11 is 0. The van der Waals surface area contributed by atoms with Crippen LogP contribution in [0.4, 0.5) is 0 Å². The van der Waals surface area contributed by atoms with Crippen molar-refractivity contribution in [1.82, 2.24) is 10.6 Å². The Morgan fingerprint density at radius 2 is 2.12 bits per heavy atom. The van der Waals surface area contributed by atoms with E-state index in [0.717, 1.165) is 31.5 Å². The van der Waals surface area contributed by atoms with Crippen molar-refractivity contribution in [3.8, 4) is 0 Å². The van der Waals surface area contributed by atoms with E-state index in [1.165, 1.54) is 6.26 Å². The van der Waals surface area contributed by atoms with Crippen LogP contribution < -0.4 is 16.5 Å². The van der Waals surface area contributed by atoms with Crippen LogP contribution in [0.1, 0.15) is 19.8 Å². The Labute approximate surface area is 102 Å². The van der Waals surface area contributed by atoms with E-state index in [1.807, 2.05) is 13.0 Å². The van der Waals surface area contributed by atoms with E-state index in [9.17, 15) is 4.79 Å². The zero-order valence-electron chi connectivity index (χ0n) is 10.5. The summed E-state index contributed by atoms with van der Waals surface area (Å²) in [6.07, 6.45) is 5.34. The summed E-state index contributed by atoms with van der Waals surface area (Å²) < 4.78 is 0. The highest BCUT2D eigenvalue weighted by atomic mass is 16.6. The van der Waals surface area contributed by atoms with Gasteiger partial charge in [0.15, 0.2) is 0 Å². The average molecular weight is 239 g/mol. The summed E-state index contributed by atoms with van der Waals surface area (Å²) in [6, 6.07) is 0. The molecule has 0 aromatic heterocycles. The summed E-state index contributed by atoms with van der Waals surface area (Å²) in [7, 11) is 1.60. The molecule has 0 unspecified atom stereocenters. The molecule has 0 saturated carbocycles. The van der Waals surface area contributed by atoms with E-state index in [4.69, 9.17) is 5.90 Å². The van der Waals surface area contributed by atoms with Crippen molar-refractivity contribution in [2.45, 2.75) is 19.8 Å². The van der Waals surface area contributed by atoms with E-state index in [2.05, 4.69) is 15.5 Å². The van der Waals surface area contributed by atoms with Crippen LogP contribution in [-0.2, 0) is 9.63 Å². The molecule has 0 aromatic carbocycles. The summed E-state index contributed by atoms with van der Waals surface area (Å²) in [4.78, 5) is 16.3. The first kappa shape index (κ1) is 13.7. The summed E-state index contributed by atoms with van der Waals surface area (Å²) in [5.41, 5.74) is 1.53. The first-order valence-corrected chi connectivity index (χ1v) is 5.89. The lowest BCUT2D eigenvalue weighted by Gasteiger charge is -2.26. The molecule has 0 aliphatic carbocycles. The molecule has 0 bridgehead atoms. The van der Waals surface area contributed by atoms with Crippen LogP contribution in [0.5, 0.6) is 0 Å². The van der Waals surface area contributed by atoms with Gasteiger partial charge in [0.1, 0.15) is 6.26 Å². The maximum atomic E-state index is 11.8. The molecule has 1 aliphatic rings. The first-order chi connectivity index (χ1) is 8.24. The van der Waals surface area contributed by atoms with E-state index in [1.54, 1.807) is 7.05 Å². The van der Waals surface area contributed by atoms with Gasteiger partial charge in [-0.05, 0) is 44.3 Å². The second-order valence-electron chi connectivity index (χ2n) is 4.02. The van der Waals surface area contributed by atoms with E-state index < -0.39 is 0 Å². The molecule has 1 aliphatic heterocycles. The highest BCUT2D eigenvalue weighted by Crippen LogP contribution is 2.27. The number of nitrogens with one attached hydrogen (secondary N) is 2. The molecule has 96 valence electrons. The Kier molecular flexibility index (Phi) is 5.72. The molecule has 1 heterocycles. The second kappa shape index (κ2) is 7.09. The van der Waals surface area contributed by atoms with Gasteiger partial charge in [0.2, 0.25) is 0 Å². The van der Waals surface area contributed by atoms with Crippen LogP contribution >= 0.6 is 0 Å². The summed E-state index contributed by atoms with van der Waals surface area (Å²) in [5, 5.41) is 5.91. The molecule has 1 fully saturated rings. The smallest absolute Gasteiger partial charge is 0.254 e. The molecule has 0 radical (unpaired) electrons. The van der Waals surface area contributed by atoms with Crippen LogP contribution in [0.3, 0.4) is 0 Å². The quantitative estimate of drug-likeness (QED) is 0.288. The van der Waals surface area contributed by atoms with Gasteiger partial charge in [0.05, 0.1) is 5.57 Å². The van der Waals surface area contributed by atoms with Gasteiger partial charge in [-0.25, -0.2) is 0 Å². The third kappa shape index (κ3) is 3.57. The maximum Gasteiger partial charge on any atom is 0.254 e. The third-order valence-electron chi connectivity index (χ3n) is 3.06. The maximum absolute atomic E-state index is 11.8. The number of allylic oxidation sites excluding steroid dienone is 1. The van der Waals surface area contributed by atoms with Crippen molar-refractivity contribution < 1.29 is 9.63 Å². The summed E-state index contributed by atoms with van der Waals surface area (Å²) in [5.74, 6) is 5.27. The molecule has 0 aromatic rings. The van der Waals surface area contributed by atoms with Gasteiger partial charge in [0, 0.05) is 7.05 Å². The van der Waals surface area contributed by atoms with Crippen LogP contribution in [0.2, 0.25) is 0 Å². The Morgan fingerprint density at radius 3 is 2.59 bits per heavy atom. The van der Waals surface area contributed by atoms with Gasteiger partial charge >= 0.3 is 0 Å². The minimum absolute atomic E-state index is 0.165. The molecule has 5 nitrogen and oxygen atoms in total. The van der Waals surface area contributed by atoms with Crippen molar-refractivity contribution in [1.29, 1.82) is 0 Å². The van der Waals surface area contributed by atoms with E-state index in [-0.39, 0.29) is 5.91 Å². The van der Waals surface area contributed by atoms with Crippen LogP contribution in [0, 0.1) is 5.92 Å². The van der Waals surface area contributed by atoms with Gasteiger partial charge in [-0.15, -0.1) is 0 Å². The third-order valence-corrected chi connectivity index (χ3v) is 3.06. The van der Waals surface area contributed by atoms with Gasteiger partial charge in [0.25, 0.3) is 5.91 Å². The Morgan fingerprint density at radius 1 is 1.47 bits per heavy atom. The number of hydrogen-bond donors (Lipinski definition) is 3. The lowest BCUT2D eigenvalue weighted by Crippen LogP contribution is -2.31. The zero-order chi connectivity index (χ0) is 12.7. The predicted molar refractivity (Wildman–Crippen MR) is 66.8 cm³/mol. The van der Waals surface area contributed by atoms with Crippen molar-refractivity contribution >= 4 is 5.91 Å². The molecule has 0 atom stereocenters. The fourth-order valence-electron chi connectivity index (χ4n) is 2.20. The van der Waals surface area contributed by atoms with Crippen LogP contribution in [0.25, 0.3) is 0 Å². The average Bonchev–Trinajstić information content (AvgIpc) is 2.39. The Hall–Kier alpha value is -1.33. The fraction of sp³-hybridized carbons (Fsp3) is 0.583. The topological polar surface area (TPSA) is 76.4 Å².